The van der Waals surface area contributed by atoms with Gasteiger partial charge in [-0.3, -0.25) is 4.79 Å². The lowest BCUT2D eigenvalue weighted by Crippen LogP contribution is -2.34. The molecule has 0 saturated heterocycles. The molecule has 0 aliphatic rings. The molecule has 2 aromatic rings. The average Bonchev–Trinajstić information content (AvgIpc) is 2.61. The van der Waals surface area contributed by atoms with Gasteiger partial charge in [0, 0.05) is 11.6 Å². The summed E-state index contributed by atoms with van der Waals surface area (Å²) in [5, 5.41) is 0. The van der Waals surface area contributed by atoms with Crippen LogP contribution in [0.2, 0.25) is 0 Å². The van der Waals surface area contributed by atoms with Crippen LogP contribution in [0.3, 0.4) is 0 Å². The Morgan fingerprint density at radius 2 is 1.92 bits per heavy atom. The van der Waals surface area contributed by atoms with Crippen molar-refractivity contribution in [3.05, 3.63) is 48.0 Å². The summed E-state index contributed by atoms with van der Waals surface area (Å²) in [6.07, 6.45) is 0.422. The Morgan fingerprint density at radius 3 is 2.58 bits per heavy atom. The van der Waals surface area contributed by atoms with Gasteiger partial charge in [0.1, 0.15) is 17.5 Å². The molecule has 1 unspecified atom stereocenters. The van der Waals surface area contributed by atoms with Crippen molar-refractivity contribution in [3.63, 3.8) is 0 Å². The first-order valence-corrected chi connectivity index (χ1v) is 7.82. The molecule has 0 amide bonds. The Kier molecular flexibility index (Phi) is 6.21. The Balaban J connectivity index is 2.26. The van der Waals surface area contributed by atoms with Crippen molar-refractivity contribution in [2.75, 3.05) is 20.8 Å². The number of nitrogens with two attached hydrogens (primary N) is 1. The van der Waals surface area contributed by atoms with Gasteiger partial charge >= 0.3 is 5.97 Å². The number of methoxy groups -OCH3 is 2. The molecular formula is C19H23NO4. The summed E-state index contributed by atoms with van der Waals surface area (Å²) in [6, 6.07) is 12.9. The highest BCUT2D eigenvalue weighted by Crippen LogP contribution is 2.33. The fourth-order valence-corrected chi connectivity index (χ4v) is 2.49. The van der Waals surface area contributed by atoms with Crippen LogP contribution in [0.5, 0.6) is 11.5 Å². The lowest BCUT2D eigenvalue weighted by molar-refractivity contribution is -0.144. The quantitative estimate of drug-likeness (QED) is 0.791. The monoisotopic (exact) mass is 329 g/mol. The number of benzene rings is 2. The summed E-state index contributed by atoms with van der Waals surface area (Å²) in [5.74, 6) is 1.07. The van der Waals surface area contributed by atoms with Crippen molar-refractivity contribution < 1.29 is 19.0 Å². The van der Waals surface area contributed by atoms with Crippen LogP contribution in [-0.4, -0.2) is 32.8 Å². The SMILES string of the molecule is CCOC(=O)C(N)Cc1cccc(-c2ccc(OC)cc2OC)c1. The van der Waals surface area contributed by atoms with Gasteiger partial charge in [0.15, 0.2) is 0 Å². The molecule has 0 aromatic heterocycles. The predicted molar refractivity (Wildman–Crippen MR) is 93.3 cm³/mol. The first-order valence-electron chi connectivity index (χ1n) is 7.82. The normalized spacial score (nSPS) is 11.7. The van der Waals surface area contributed by atoms with E-state index in [1.807, 2.05) is 42.5 Å². The second kappa shape index (κ2) is 8.36. The van der Waals surface area contributed by atoms with Crippen molar-refractivity contribution >= 4 is 5.97 Å². The van der Waals surface area contributed by atoms with Crippen molar-refractivity contribution in [1.29, 1.82) is 0 Å². The van der Waals surface area contributed by atoms with Crippen molar-refractivity contribution in [2.24, 2.45) is 5.73 Å². The molecule has 0 bridgehead atoms. The number of hydrogen-bond donors (Lipinski definition) is 1. The van der Waals surface area contributed by atoms with Gasteiger partial charge in [-0.15, -0.1) is 0 Å². The van der Waals surface area contributed by atoms with Crippen LogP contribution in [0.4, 0.5) is 0 Å². The van der Waals surface area contributed by atoms with E-state index in [0.29, 0.717) is 13.0 Å². The van der Waals surface area contributed by atoms with Crippen LogP contribution in [0.1, 0.15) is 12.5 Å². The topological polar surface area (TPSA) is 70.8 Å². The molecule has 5 nitrogen and oxygen atoms in total. The van der Waals surface area contributed by atoms with E-state index < -0.39 is 6.04 Å². The highest BCUT2D eigenvalue weighted by atomic mass is 16.5. The van der Waals surface area contributed by atoms with Gasteiger partial charge in [0.05, 0.1) is 20.8 Å². The fraction of sp³-hybridized carbons (Fsp3) is 0.316. The van der Waals surface area contributed by atoms with Crippen LogP contribution in [0, 0.1) is 0 Å². The molecule has 0 fully saturated rings. The minimum atomic E-state index is -0.669. The van der Waals surface area contributed by atoms with E-state index in [1.165, 1.54) is 0 Å². The van der Waals surface area contributed by atoms with Crippen molar-refractivity contribution in [3.8, 4) is 22.6 Å². The van der Waals surface area contributed by atoms with Crippen molar-refractivity contribution in [2.45, 2.75) is 19.4 Å². The molecule has 0 aliphatic heterocycles. The maximum atomic E-state index is 11.7. The summed E-state index contributed by atoms with van der Waals surface area (Å²) >= 11 is 0. The molecule has 2 rings (SSSR count). The molecule has 0 spiro atoms. The maximum Gasteiger partial charge on any atom is 0.323 e. The highest BCUT2D eigenvalue weighted by molar-refractivity contribution is 5.76. The number of carbonyl (C=O) groups excluding carboxylic acids is 1. The summed E-state index contributed by atoms with van der Waals surface area (Å²) in [5.41, 5.74) is 8.80. The van der Waals surface area contributed by atoms with Gasteiger partial charge in [0.25, 0.3) is 0 Å². The van der Waals surface area contributed by atoms with Crippen LogP contribution < -0.4 is 15.2 Å². The first-order chi connectivity index (χ1) is 11.6. The summed E-state index contributed by atoms with van der Waals surface area (Å²) in [6.45, 7) is 2.09. The average molecular weight is 329 g/mol. The van der Waals surface area contributed by atoms with Gasteiger partial charge in [-0.1, -0.05) is 24.3 Å². The summed E-state index contributed by atoms with van der Waals surface area (Å²) in [7, 11) is 3.24. The van der Waals surface area contributed by atoms with E-state index in [9.17, 15) is 4.79 Å². The third-order valence-corrected chi connectivity index (χ3v) is 3.69. The van der Waals surface area contributed by atoms with Crippen molar-refractivity contribution in [1.82, 2.24) is 0 Å². The van der Waals surface area contributed by atoms with E-state index in [1.54, 1.807) is 21.1 Å². The molecule has 0 saturated carbocycles. The lowest BCUT2D eigenvalue weighted by Gasteiger charge is -2.13. The molecule has 1 atom stereocenters. The zero-order valence-electron chi connectivity index (χ0n) is 14.2. The largest absolute Gasteiger partial charge is 0.497 e. The van der Waals surface area contributed by atoms with Gasteiger partial charge in [-0.2, -0.15) is 0 Å². The molecule has 5 heteroatoms. The minimum Gasteiger partial charge on any atom is -0.497 e. The Hall–Kier alpha value is -2.53. The van der Waals surface area contributed by atoms with Gasteiger partial charge in [0.2, 0.25) is 0 Å². The molecule has 0 heterocycles. The third-order valence-electron chi connectivity index (χ3n) is 3.69. The van der Waals surface area contributed by atoms with E-state index in [-0.39, 0.29) is 5.97 Å². The number of rotatable bonds is 7. The standard InChI is InChI=1S/C19H23NO4/c1-4-24-19(21)17(20)11-13-6-5-7-14(10-13)16-9-8-15(22-2)12-18(16)23-3/h5-10,12,17H,4,11,20H2,1-3H3. The lowest BCUT2D eigenvalue weighted by atomic mass is 9.99. The fourth-order valence-electron chi connectivity index (χ4n) is 2.49. The Morgan fingerprint density at radius 1 is 1.12 bits per heavy atom. The zero-order chi connectivity index (χ0) is 17.5. The predicted octanol–water partition coefficient (Wildman–Crippen LogP) is 2.80. The van der Waals surface area contributed by atoms with Crippen LogP contribution in [0.15, 0.2) is 42.5 Å². The number of carbonyl (C=O) groups is 1. The van der Waals surface area contributed by atoms with E-state index in [4.69, 9.17) is 19.9 Å². The van der Waals surface area contributed by atoms with E-state index in [2.05, 4.69) is 0 Å². The van der Waals surface area contributed by atoms with Gasteiger partial charge in [-0.05, 0) is 36.6 Å². The molecular weight excluding hydrogens is 306 g/mol. The van der Waals surface area contributed by atoms with Crippen LogP contribution in [0.25, 0.3) is 11.1 Å². The van der Waals surface area contributed by atoms with Crippen LogP contribution in [-0.2, 0) is 16.0 Å². The first kappa shape index (κ1) is 17.8. The number of hydrogen-bond acceptors (Lipinski definition) is 5. The highest BCUT2D eigenvalue weighted by Gasteiger charge is 2.16. The second-order valence-corrected chi connectivity index (χ2v) is 5.33. The molecule has 0 aliphatic carbocycles. The second-order valence-electron chi connectivity index (χ2n) is 5.33. The number of esters is 1. The zero-order valence-corrected chi connectivity index (χ0v) is 14.2. The maximum absolute atomic E-state index is 11.7. The smallest absolute Gasteiger partial charge is 0.323 e. The summed E-state index contributed by atoms with van der Waals surface area (Å²) in [4.78, 5) is 11.7. The molecule has 24 heavy (non-hydrogen) atoms. The summed E-state index contributed by atoms with van der Waals surface area (Å²) < 4.78 is 15.6. The van der Waals surface area contributed by atoms with Gasteiger partial charge < -0.3 is 19.9 Å². The number of ether oxygens (including phenoxy) is 3. The molecule has 128 valence electrons. The van der Waals surface area contributed by atoms with E-state index >= 15 is 0 Å². The van der Waals surface area contributed by atoms with Gasteiger partial charge in [-0.25, -0.2) is 0 Å². The Bertz CT molecular complexity index is 700. The van der Waals surface area contributed by atoms with E-state index in [0.717, 1.165) is 28.2 Å². The Labute approximate surface area is 142 Å². The molecule has 2 aromatic carbocycles. The molecule has 2 N–H and O–H groups in total. The van der Waals surface area contributed by atoms with Crippen LogP contribution >= 0.6 is 0 Å². The third kappa shape index (κ3) is 4.26. The minimum absolute atomic E-state index is 0.329. The molecule has 0 radical (unpaired) electrons.